The molecule has 3 rings (SSSR count). The van der Waals surface area contributed by atoms with Crippen LogP contribution >= 0.6 is 0 Å². The van der Waals surface area contributed by atoms with Crippen molar-refractivity contribution in [2.45, 2.75) is 6.18 Å². The van der Waals surface area contributed by atoms with E-state index < -0.39 is 23.3 Å². The van der Waals surface area contributed by atoms with Crippen molar-refractivity contribution < 1.29 is 18.0 Å². The lowest BCUT2D eigenvalue weighted by Gasteiger charge is -2.06. The van der Waals surface area contributed by atoms with Gasteiger partial charge in [-0.05, 0) is 23.8 Å². The van der Waals surface area contributed by atoms with Crippen molar-refractivity contribution in [1.29, 1.82) is 0 Å². The molecule has 142 valence electrons. The van der Waals surface area contributed by atoms with E-state index in [-0.39, 0.29) is 11.3 Å². The van der Waals surface area contributed by atoms with E-state index in [0.29, 0.717) is 11.3 Å². The molecule has 0 fully saturated rings. The second-order valence-electron chi connectivity index (χ2n) is 5.67. The Kier molecular flexibility index (Phi) is 5.35. The van der Waals surface area contributed by atoms with E-state index in [9.17, 15) is 22.8 Å². The summed E-state index contributed by atoms with van der Waals surface area (Å²) in [6.07, 6.45) is -3.40. The zero-order chi connectivity index (χ0) is 20.1. The molecule has 1 aromatic heterocycles. The Morgan fingerprint density at radius 2 is 1.82 bits per heavy atom. The van der Waals surface area contributed by atoms with E-state index >= 15 is 0 Å². The second kappa shape index (κ2) is 7.87. The highest BCUT2D eigenvalue weighted by Crippen LogP contribution is 2.29. The lowest BCUT2D eigenvalue weighted by molar-refractivity contribution is -0.137. The zero-order valence-corrected chi connectivity index (χ0v) is 14.2. The highest BCUT2D eigenvalue weighted by atomic mass is 19.4. The number of carbonyl (C=O) groups excluding carboxylic acids is 1. The van der Waals surface area contributed by atoms with Crippen molar-refractivity contribution in [2.75, 3.05) is 0 Å². The largest absolute Gasteiger partial charge is 0.416 e. The van der Waals surface area contributed by atoms with Gasteiger partial charge in [0, 0.05) is 5.56 Å². The Labute approximate surface area is 156 Å². The Balaban J connectivity index is 1.76. The topological polar surface area (TPSA) is 87.2 Å². The summed E-state index contributed by atoms with van der Waals surface area (Å²) in [6, 6.07) is 14.6. The monoisotopic (exact) mass is 386 g/mol. The molecule has 2 N–H and O–H groups in total. The standard InChI is InChI=1S/C19H13F3N4O2/c20-19(21,22)14-8-4-5-12(9-14)11-23-26-17(27)16-10-15(24-18(28)25-16)13-6-2-1-3-7-13/h1-11H,(H,26,27)(H,24,25,28)/b23-11+. The number of rotatable bonds is 4. The fourth-order valence-electron chi connectivity index (χ4n) is 2.36. The van der Waals surface area contributed by atoms with E-state index in [1.54, 1.807) is 30.3 Å². The summed E-state index contributed by atoms with van der Waals surface area (Å²) < 4.78 is 38.1. The molecule has 0 saturated carbocycles. The van der Waals surface area contributed by atoms with Gasteiger partial charge in [-0.3, -0.25) is 4.79 Å². The van der Waals surface area contributed by atoms with Gasteiger partial charge in [-0.15, -0.1) is 0 Å². The SMILES string of the molecule is O=C(N/N=C/c1cccc(C(F)(F)F)c1)c1cc(-c2ccccc2)nc(=O)[nH]1. The number of hydrogen-bond donors (Lipinski definition) is 2. The third kappa shape index (κ3) is 4.70. The Morgan fingerprint density at radius 1 is 1.07 bits per heavy atom. The molecule has 0 atom stereocenters. The van der Waals surface area contributed by atoms with E-state index in [0.717, 1.165) is 18.3 Å². The molecule has 0 saturated heterocycles. The Hall–Kier alpha value is -3.75. The van der Waals surface area contributed by atoms with Gasteiger partial charge in [0.1, 0.15) is 5.69 Å². The molecule has 0 unspecified atom stereocenters. The van der Waals surface area contributed by atoms with Gasteiger partial charge in [0.15, 0.2) is 0 Å². The smallest absolute Gasteiger partial charge is 0.301 e. The van der Waals surface area contributed by atoms with Crippen molar-refractivity contribution in [2.24, 2.45) is 5.10 Å². The highest BCUT2D eigenvalue weighted by molar-refractivity contribution is 5.93. The number of benzene rings is 2. The molecule has 0 aliphatic rings. The van der Waals surface area contributed by atoms with Crippen LogP contribution < -0.4 is 11.1 Å². The van der Waals surface area contributed by atoms with Gasteiger partial charge < -0.3 is 4.98 Å². The fourth-order valence-corrected chi connectivity index (χ4v) is 2.36. The molecule has 6 nitrogen and oxygen atoms in total. The maximum Gasteiger partial charge on any atom is 0.416 e. The number of hydrazone groups is 1. The number of H-pyrrole nitrogens is 1. The van der Waals surface area contributed by atoms with Crippen LogP contribution in [0.5, 0.6) is 0 Å². The molecule has 1 heterocycles. The minimum atomic E-state index is -4.47. The summed E-state index contributed by atoms with van der Waals surface area (Å²) in [5.74, 6) is -0.736. The zero-order valence-electron chi connectivity index (χ0n) is 14.2. The molecule has 0 aliphatic heterocycles. The quantitative estimate of drug-likeness (QED) is 0.533. The van der Waals surface area contributed by atoms with Crippen LogP contribution in [-0.4, -0.2) is 22.1 Å². The van der Waals surface area contributed by atoms with Crippen molar-refractivity contribution in [3.63, 3.8) is 0 Å². The number of hydrogen-bond acceptors (Lipinski definition) is 4. The Bertz CT molecular complexity index is 1080. The minimum Gasteiger partial charge on any atom is -0.301 e. The summed E-state index contributed by atoms with van der Waals surface area (Å²) in [5, 5.41) is 3.64. The van der Waals surface area contributed by atoms with Gasteiger partial charge >= 0.3 is 11.9 Å². The first kappa shape index (κ1) is 19.0. The molecular formula is C19H13F3N4O2. The summed E-state index contributed by atoms with van der Waals surface area (Å²) in [4.78, 5) is 30.0. The first-order chi connectivity index (χ1) is 13.3. The number of nitrogens with one attached hydrogen (secondary N) is 2. The molecule has 2 aromatic carbocycles. The molecule has 9 heteroatoms. The lowest BCUT2D eigenvalue weighted by Crippen LogP contribution is -2.24. The van der Waals surface area contributed by atoms with Gasteiger partial charge in [-0.2, -0.15) is 23.3 Å². The van der Waals surface area contributed by atoms with Crippen molar-refractivity contribution in [3.8, 4) is 11.3 Å². The average Bonchev–Trinajstić information content (AvgIpc) is 2.68. The average molecular weight is 386 g/mol. The number of carbonyl (C=O) groups is 1. The van der Waals surface area contributed by atoms with Crippen LogP contribution in [-0.2, 0) is 6.18 Å². The van der Waals surface area contributed by atoms with E-state index in [4.69, 9.17) is 0 Å². The molecule has 0 radical (unpaired) electrons. The number of alkyl halides is 3. The third-order valence-corrected chi connectivity index (χ3v) is 3.65. The van der Waals surface area contributed by atoms with E-state index in [1.165, 1.54) is 18.2 Å². The van der Waals surface area contributed by atoms with Gasteiger partial charge in [0.05, 0.1) is 17.5 Å². The summed E-state index contributed by atoms with van der Waals surface area (Å²) >= 11 is 0. The molecular weight excluding hydrogens is 373 g/mol. The molecule has 0 bridgehead atoms. The van der Waals surface area contributed by atoms with Crippen LogP contribution in [0.3, 0.4) is 0 Å². The van der Waals surface area contributed by atoms with Crippen molar-refractivity contribution >= 4 is 12.1 Å². The molecule has 0 aliphatic carbocycles. The number of halogens is 3. The van der Waals surface area contributed by atoms with Crippen LogP contribution in [0.15, 0.2) is 70.6 Å². The van der Waals surface area contributed by atoms with Crippen molar-refractivity contribution in [1.82, 2.24) is 15.4 Å². The predicted octanol–water partition coefficient (Wildman–Crippen LogP) is 3.22. The van der Waals surface area contributed by atoms with Crippen molar-refractivity contribution in [3.05, 3.63) is 88.0 Å². The summed E-state index contributed by atoms with van der Waals surface area (Å²) in [7, 11) is 0. The fraction of sp³-hybridized carbons (Fsp3) is 0.0526. The molecule has 1 amide bonds. The van der Waals surface area contributed by atoms with Gasteiger partial charge in [-0.1, -0.05) is 42.5 Å². The molecule has 28 heavy (non-hydrogen) atoms. The summed E-state index contributed by atoms with van der Waals surface area (Å²) in [5.41, 5.74) is 1.65. The van der Waals surface area contributed by atoms with Crippen LogP contribution in [0.1, 0.15) is 21.6 Å². The van der Waals surface area contributed by atoms with E-state index in [1.807, 2.05) is 0 Å². The molecule has 0 spiro atoms. The second-order valence-corrected chi connectivity index (χ2v) is 5.67. The predicted molar refractivity (Wildman–Crippen MR) is 96.8 cm³/mol. The van der Waals surface area contributed by atoms with Gasteiger partial charge in [0.2, 0.25) is 0 Å². The maximum atomic E-state index is 12.7. The van der Waals surface area contributed by atoms with Gasteiger partial charge in [-0.25, -0.2) is 10.2 Å². The number of nitrogens with zero attached hydrogens (tertiary/aromatic N) is 2. The third-order valence-electron chi connectivity index (χ3n) is 3.65. The Morgan fingerprint density at radius 3 is 2.54 bits per heavy atom. The molecule has 3 aromatic rings. The summed E-state index contributed by atoms with van der Waals surface area (Å²) in [6.45, 7) is 0. The highest BCUT2D eigenvalue weighted by Gasteiger charge is 2.30. The number of amides is 1. The van der Waals surface area contributed by atoms with Crippen LogP contribution in [0.25, 0.3) is 11.3 Å². The van der Waals surface area contributed by atoms with E-state index in [2.05, 4.69) is 20.5 Å². The maximum absolute atomic E-state index is 12.7. The normalized spacial score (nSPS) is 11.5. The first-order valence-corrected chi connectivity index (χ1v) is 8.00. The first-order valence-electron chi connectivity index (χ1n) is 8.00. The lowest BCUT2D eigenvalue weighted by atomic mass is 10.1. The van der Waals surface area contributed by atoms with Crippen LogP contribution in [0.4, 0.5) is 13.2 Å². The van der Waals surface area contributed by atoms with Crippen LogP contribution in [0.2, 0.25) is 0 Å². The number of aromatic nitrogens is 2. The number of aromatic amines is 1. The minimum absolute atomic E-state index is 0.0833. The van der Waals surface area contributed by atoms with Crippen LogP contribution in [0, 0.1) is 0 Å². The van der Waals surface area contributed by atoms with Gasteiger partial charge in [0.25, 0.3) is 5.91 Å².